The van der Waals surface area contributed by atoms with Crippen molar-refractivity contribution in [3.05, 3.63) is 88.6 Å². The number of aryl methyl sites for hydroxylation is 1. The van der Waals surface area contributed by atoms with Gasteiger partial charge in [0.1, 0.15) is 11.5 Å². The van der Waals surface area contributed by atoms with Crippen LogP contribution in [0, 0.1) is 19.7 Å². The van der Waals surface area contributed by atoms with Crippen LogP contribution in [0.15, 0.2) is 54.6 Å². The van der Waals surface area contributed by atoms with Crippen molar-refractivity contribution in [2.24, 2.45) is 0 Å². The molecule has 4 aromatic rings. The number of benzene rings is 2. The van der Waals surface area contributed by atoms with Crippen molar-refractivity contribution in [3.63, 3.8) is 0 Å². The first-order valence-electron chi connectivity index (χ1n) is 9.14. The number of carbonyl (C=O) groups is 1. The maximum absolute atomic E-state index is 13.3. The van der Waals surface area contributed by atoms with Gasteiger partial charge in [0, 0.05) is 28.7 Å². The normalized spacial score (nSPS) is 11.1. The third kappa shape index (κ3) is 3.53. The number of aromatic amines is 1. The van der Waals surface area contributed by atoms with Gasteiger partial charge in [-0.25, -0.2) is 4.39 Å². The van der Waals surface area contributed by atoms with E-state index in [-0.39, 0.29) is 11.7 Å². The zero-order valence-corrected chi connectivity index (χ0v) is 15.8. The summed E-state index contributed by atoms with van der Waals surface area (Å²) in [5.74, 6) is -0.554. The van der Waals surface area contributed by atoms with Gasteiger partial charge in [0.05, 0.1) is 12.2 Å². The number of H-pyrrole nitrogens is 1. The molecule has 28 heavy (non-hydrogen) atoms. The van der Waals surface area contributed by atoms with E-state index in [2.05, 4.69) is 27.5 Å². The summed E-state index contributed by atoms with van der Waals surface area (Å²) in [6, 6.07) is 16.2. The van der Waals surface area contributed by atoms with Crippen molar-refractivity contribution in [2.45, 2.75) is 26.9 Å². The maximum atomic E-state index is 13.3. The third-order valence-corrected chi connectivity index (χ3v) is 4.96. The van der Waals surface area contributed by atoms with E-state index in [0.717, 1.165) is 22.5 Å². The number of aromatic nitrogens is 3. The summed E-state index contributed by atoms with van der Waals surface area (Å²) in [6.07, 6.45) is 0. The minimum atomic E-state index is -0.324. The summed E-state index contributed by atoms with van der Waals surface area (Å²) in [5, 5.41) is 8.22. The molecule has 0 spiro atoms. The van der Waals surface area contributed by atoms with Crippen LogP contribution in [0.5, 0.6) is 0 Å². The molecule has 6 heteroatoms. The van der Waals surface area contributed by atoms with Gasteiger partial charge in [0.15, 0.2) is 0 Å². The lowest BCUT2D eigenvalue weighted by molar-refractivity contribution is 0.0946. The molecule has 0 aliphatic heterocycles. The van der Waals surface area contributed by atoms with Crippen molar-refractivity contribution in [2.75, 3.05) is 0 Å². The smallest absolute Gasteiger partial charge is 0.267 e. The molecule has 2 aromatic heterocycles. The number of amides is 1. The molecule has 2 heterocycles. The quantitative estimate of drug-likeness (QED) is 0.551. The van der Waals surface area contributed by atoms with Crippen LogP contribution in [0.4, 0.5) is 4.39 Å². The highest BCUT2D eigenvalue weighted by molar-refractivity contribution is 5.98. The van der Waals surface area contributed by atoms with Gasteiger partial charge in [-0.05, 0) is 43.7 Å². The summed E-state index contributed by atoms with van der Waals surface area (Å²) in [6.45, 7) is 5.03. The predicted octanol–water partition coefficient (Wildman–Crippen LogP) is 4.10. The largest absolute Gasteiger partial charge is 0.351 e. The topological polar surface area (TPSA) is 62.7 Å². The van der Waals surface area contributed by atoms with E-state index in [0.29, 0.717) is 24.2 Å². The van der Waals surface area contributed by atoms with E-state index < -0.39 is 0 Å². The van der Waals surface area contributed by atoms with Crippen LogP contribution >= 0.6 is 0 Å². The van der Waals surface area contributed by atoms with E-state index in [1.807, 2.05) is 36.7 Å². The molecule has 0 fully saturated rings. The summed E-state index contributed by atoms with van der Waals surface area (Å²) < 4.78 is 15.3. The minimum absolute atomic E-state index is 0.230. The highest BCUT2D eigenvalue weighted by Gasteiger charge is 2.15. The number of halogens is 1. The predicted molar refractivity (Wildman–Crippen MR) is 107 cm³/mol. The molecule has 142 valence electrons. The Morgan fingerprint density at radius 2 is 1.93 bits per heavy atom. The summed E-state index contributed by atoms with van der Waals surface area (Å²) in [7, 11) is 0. The van der Waals surface area contributed by atoms with Crippen LogP contribution in [0.2, 0.25) is 0 Å². The Morgan fingerprint density at radius 1 is 1.14 bits per heavy atom. The first-order valence-corrected chi connectivity index (χ1v) is 9.14. The molecule has 2 N–H and O–H groups in total. The number of hydrogen-bond donors (Lipinski definition) is 2. The zero-order valence-electron chi connectivity index (χ0n) is 15.8. The second-order valence-electron chi connectivity index (χ2n) is 6.89. The van der Waals surface area contributed by atoms with Crippen molar-refractivity contribution in [1.82, 2.24) is 20.1 Å². The lowest BCUT2D eigenvalue weighted by Crippen LogP contribution is -2.23. The Labute approximate surface area is 162 Å². The average Bonchev–Trinajstić information content (AvgIpc) is 3.22. The molecule has 0 aliphatic rings. The highest BCUT2D eigenvalue weighted by Crippen LogP contribution is 2.18. The number of carbonyl (C=O) groups excluding carboxylic acids is 1. The zero-order chi connectivity index (χ0) is 19.7. The average molecular weight is 376 g/mol. The number of nitrogens with zero attached hydrogens (tertiary/aromatic N) is 2. The molecule has 0 aliphatic carbocycles. The number of nitrogens with one attached hydrogen (secondary N) is 2. The van der Waals surface area contributed by atoms with Gasteiger partial charge in [-0.3, -0.25) is 9.48 Å². The number of hydrogen-bond acceptors (Lipinski definition) is 2. The van der Waals surface area contributed by atoms with Gasteiger partial charge in [-0.15, -0.1) is 0 Å². The van der Waals surface area contributed by atoms with Crippen LogP contribution in [-0.2, 0) is 13.1 Å². The molecule has 0 unspecified atom stereocenters. The second kappa shape index (κ2) is 7.31. The van der Waals surface area contributed by atoms with Crippen molar-refractivity contribution < 1.29 is 9.18 Å². The molecule has 0 radical (unpaired) electrons. The Hall–Kier alpha value is -3.41. The fourth-order valence-electron chi connectivity index (χ4n) is 3.39. The molecule has 0 saturated heterocycles. The lowest BCUT2D eigenvalue weighted by atomic mass is 10.2. The van der Waals surface area contributed by atoms with Gasteiger partial charge >= 0.3 is 0 Å². The van der Waals surface area contributed by atoms with Gasteiger partial charge in [0.25, 0.3) is 5.91 Å². The van der Waals surface area contributed by atoms with Crippen LogP contribution in [0.25, 0.3) is 10.9 Å². The molecular weight excluding hydrogens is 355 g/mol. The molecule has 2 aromatic carbocycles. The molecule has 4 rings (SSSR count). The van der Waals surface area contributed by atoms with Crippen LogP contribution in [-0.4, -0.2) is 20.7 Å². The number of rotatable bonds is 5. The SMILES string of the molecule is Cc1nn(Cc2ccccc2)c(C)c1CNC(=O)c1cc2cc(F)ccc2[nH]1. The summed E-state index contributed by atoms with van der Waals surface area (Å²) >= 11 is 0. The molecule has 5 nitrogen and oxygen atoms in total. The van der Waals surface area contributed by atoms with Gasteiger partial charge in [-0.2, -0.15) is 5.10 Å². The van der Waals surface area contributed by atoms with Gasteiger partial charge in [-0.1, -0.05) is 30.3 Å². The van der Waals surface area contributed by atoms with Crippen molar-refractivity contribution in [1.29, 1.82) is 0 Å². The first-order chi connectivity index (χ1) is 13.5. The molecular formula is C22H21FN4O. The molecule has 0 saturated carbocycles. The van der Waals surface area contributed by atoms with Gasteiger partial charge < -0.3 is 10.3 Å². The van der Waals surface area contributed by atoms with Crippen LogP contribution < -0.4 is 5.32 Å². The van der Waals surface area contributed by atoms with E-state index in [1.165, 1.54) is 17.7 Å². The Kier molecular flexibility index (Phi) is 4.69. The Balaban J connectivity index is 1.48. The fraction of sp³-hybridized carbons (Fsp3) is 0.182. The number of fused-ring (bicyclic) bond motifs is 1. The van der Waals surface area contributed by atoms with Gasteiger partial charge in [0.2, 0.25) is 0 Å². The lowest BCUT2D eigenvalue weighted by Gasteiger charge is -2.07. The Morgan fingerprint density at radius 3 is 2.71 bits per heavy atom. The van der Waals surface area contributed by atoms with Crippen molar-refractivity contribution >= 4 is 16.8 Å². The van der Waals surface area contributed by atoms with E-state index in [9.17, 15) is 9.18 Å². The summed E-state index contributed by atoms with van der Waals surface area (Å²) in [4.78, 5) is 15.6. The molecule has 0 bridgehead atoms. The highest BCUT2D eigenvalue weighted by atomic mass is 19.1. The standard InChI is InChI=1S/C22H21FN4O/c1-14-19(15(2)27(26-14)13-16-6-4-3-5-7-16)12-24-22(28)21-11-17-10-18(23)8-9-20(17)25-21/h3-11,25H,12-13H2,1-2H3,(H,24,28). The molecule has 1 amide bonds. The Bertz CT molecular complexity index is 1140. The maximum Gasteiger partial charge on any atom is 0.267 e. The van der Waals surface area contributed by atoms with Crippen molar-refractivity contribution in [3.8, 4) is 0 Å². The second-order valence-corrected chi connectivity index (χ2v) is 6.89. The minimum Gasteiger partial charge on any atom is -0.351 e. The van der Waals surface area contributed by atoms with E-state index in [1.54, 1.807) is 12.1 Å². The molecule has 0 atom stereocenters. The van der Waals surface area contributed by atoms with E-state index >= 15 is 0 Å². The van der Waals surface area contributed by atoms with E-state index in [4.69, 9.17) is 0 Å². The third-order valence-electron chi connectivity index (χ3n) is 4.96. The first kappa shape index (κ1) is 18.0. The van der Waals surface area contributed by atoms with Crippen LogP contribution in [0.3, 0.4) is 0 Å². The summed E-state index contributed by atoms with van der Waals surface area (Å²) in [5.41, 5.74) is 5.25. The van der Waals surface area contributed by atoms with Crippen LogP contribution in [0.1, 0.15) is 33.0 Å². The monoisotopic (exact) mass is 376 g/mol. The fourth-order valence-corrected chi connectivity index (χ4v) is 3.39.